The van der Waals surface area contributed by atoms with Crippen molar-refractivity contribution in [3.05, 3.63) is 23.2 Å². The number of fused-ring (bicyclic) bond motifs is 1. The second-order valence-corrected chi connectivity index (χ2v) is 3.23. The minimum absolute atomic E-state index is 0.0762. The van der Waals surface area contributed by atoms with E-state index in [-0.39, 0.29) is 11.5 Å². The first-order valence-electron chi connectivity index (χ1n) is 4.17. The van der Waals surface area contributed by atoms with Crippen molar-refractivity contribution in [1.29, 1.82) is 0 Å². The molecule has 14 heavy (non-hydrogen) atoms. The molecule has 74 valence electrons. The van der Waals surface area contributed by atoms with Gasteiger partial charge in [0, 0.05) is 12.5 Å². The Kier molecular flexibility index (Phi) is 1.80. The number of hydrogen-bond acceptors (Lipinski definition) is 3. The molecule has 0 aliphatic carbocycles. The van der Waals surface area contributed by atoms with E-state index in [0.717, 1.165) is 0 Å². The van der Waals surface area contributed by atoms with Crippen LogP contribution in [0.25, 0.3) is 0 Å². The van der Waals surface area contributed by atoms with Crippen LogP contribution in [0.15, 0.2) is 10.7 Å². The lowest BCUT2D eigenvalue weighted by molar-refractivity contribution is -0.129. The highest BCUT2D eigenvalue weighted by Gasteiger charge is 2.29. The molecule has 1 aliphatic heterocycles. The third-order valence-electron chi connectivity index (χ3n) is 2.34. The predicted octanol–water partition coefficient (Wildman–Crippen LogP) is 0.840. The number of carboxylic acid groups (broad SMARTS) is 1. The molecule has 5 nitrogen and oxygen atoms in total. The van der Waals surface area contributed by atoms with Crippen LogP contribution >= 0.6 is 0 Å². The first-order valence-corrected chi connectivity index (χ1v) is 4.17. The Balaban J connectivity index is 2.32. The van der Waals surface area contributed by atoms with Crippen molar-refractivity contribution in [3.8, 4) is 0 Å². The molecule has 1 N–H and O–H groups in total. The molecular weight excluding hydrogens is 186 g/mol. The Hall–Kier alpha value is -1.78. The zero-order valence-corrected chi connectivity index (χ0v) is 7.61. The molecule has 1 aromatic rings. The summed E-state index contributed by atoms with van der Waals surface area (Å²) < 4.78 is 5.07. The number of carbonyl (C=O) groups is 2. The molecular formula is C9H9NO4. The van der Waals surface area contributed by atoms with Crippen LogP contribution in [0.5, 0.6) is 0 Å². The number of hydrogen-bond donors (Lipinski definition) is 1. The van der Waals surface area contributed by atoms with Gasteiger partial charge in [-0.3, -0.25) is 4.79 Å². The molecule has 0 spiro atoms. The number of amides is 1. The Morgan fingerprint density at radius 1 is 1.50 bits per heavy atom. The van der Waals surface area contributed by atoms with Gasteiger partial charge in [-0.2, -0.15) is 0 Å². The lowest BCUT2D eigenvalue weighted by atomic mass is 10.2. The van der Waals surface area contributed by atoms with Crippen LogP contribution < -0.4 is 0 Å². The van der Waals surface area contributed by atoms with Crippen LogP contribution in [-0.4, -0.2) is 21.9 Å². The fourth-order valence-electron chi connectivity index (χ4n) is 1.55. The molecule has 0 saturated heterocycles. The largest absolute Gasteiger partial charge is 0.478 e. The molecule has 1 aromatic heterocycles. The zero-order chi connectivity index (χ0) is 10.3. The first kappa shape index (κ1) is 8.80. The number of rotatable bonds is 1. The number of nitrogens with zero attached hydrogens (tertiary/aromatic N) is 1. The summed E-state index contributed by atoms with van der Waals surface area (Å²) in [7, 11) is 0. The standard InChI is InChI=1S/C9H9NO4/c1-5(11)10-2-6-7(9(12)13)4-14-8(6)3-10/h4H,2-3H2,1H3,(H,12,13). The van der Waals surface area contributed by atoms with Crippen molar-refractivity contribution in [2.75, 3.05) is 0 Å². The fourth-order valence-corrected chi connectivity index (χ4v) is 1.55. The van der Waals surface area contributed by atoms with E-state index in [2.05, 4.69) is 0 Å². The highest BCUT2D eigenvalue weighted by Crippen LogP contribution is 2.27. The maximum absolute atomic E-state index is 11.0. The molecule has 0 unspecified atom stereocenters. The third-order valence-corrected chi connectivity index (χ3v) is 2.34. The third kappa shape index (κ3) is 1.17. The van der Waals surface area contributed by atoms with Crippen molar-refractivity contribution in [2.24, 2.45) is 0 Å². The quantitative estimate of drug-likeness (QED) is 0.720. The van der Waals surface area contributed by atoms with E-state index < -0.39 is 5.97 Å². The number of carboxylic acids is 1. The molecule has 0 fully saturated rings. The highest BCUT2D eigenvalue weighted by molar-refractivity contribution is 5.89. The second kappa shape index (κ2) is 2.87. The van der Waals surface area contributed by atoms with Gasteiger partial charge in [0.25, 0.3) is 0 Å². The van der Waals surface area contributed by atoms with Crippen molar-refractivity contribution in [3.63, 3.8) is 0 Å². The van der Waals surface area contributed by atoms with Crippen molar-refractivity contribution < 1.29 is 19.1 Å². The lowest BCUT2D eigenvalue weighted by Gasteiger charge is -2.11. The van der Waals surface area contributed by atoms with Crippen LogP contribution in [0, 0.1) is 0 Å². The van der Waals surface area contributed by atoms with Crippen LogP contribution in [-0.2, 0) is 17.9 Å². The summed E-state index contributed by atoms with van der Waals surface area (Å²) in [6.45, 7) is 2.16. The van der Waals surface area contributed by atoms with Gasteiger partial charge in [0.05, 0.1) is 13.1 Å². The molecule has 0 atom stereocenters. The summed E-state index contributed by atoms with van der Waals surface area (Å²) in [5.74, 6) is -0.509. The minimum Gasteiger partial charge on any atom is -0.478 e. The summed E-state index contributed by atoms with van der Waals surface area (Å²) in [5, 5.41) is 8.80. The van der Waals surface area contributed by atoms with Crippen LogP contribution in [0.1, 0.15) is 28.6 Å². The summed E-state index contributed by atoms with van der Waals surface area (Å²) in [6, 6.07) is 0. The van der Waals surface area contributed by atoms with Gasteiger partial charge in [-0.05, 0) is 0 Å². The van der Waals surface area contributed by atoms with Gasteiger partial charge in [-0.25, -0.2) is 4.79 Å². The van der Waals surface area contributed by atoms with E-state index in [1.165, 1.54) is 13.2 Å². The molecule has 0 bridgehead atoms. The Bertz CT molecular complexity index is 407. The lowest BCUT2D eigenvalue weighted by Crippen LogP contribution is -2.22. The van der Waals surface area contributed by atoms with E-state index in [1.807, 2.05) is 0 Å². The zero-order valence-electron chi connectivity index (χ0n) is 7.61. The number of carbonyl (C=O) groups excluding carboxylic acids is 1. The number of furan rings is 1. The highest BCUT2D eigenvalue weighted by atomic mass is 16.4. The maximum Gasteiger partial charge on any atom is 0.339 e. The molecule has 0 aromatic carbocycles. The first-order chi connectivity index (χ1) is 6.59. The second-order valence-electron chi connectivity index (χ2n) is 3.23. The summed E-state index contributed by atoms with van der Waals surface area (Å²) in [4.78, 5) is 23.3. The van der Waals surface area contributed by atoms with Gasteiger partial charge < -0.3 is 14.4 Å². The van der Waals surface area contributed by atoms with E-state index in [9.17, 15) is 9.59 Å². The average molecular weight is 195 g/mol. The minimum atomic E-state index is -1.01. The van der Waals surface area contributed by atoms with Crippen molar-refractivity contribution >= 4 is 11.9 Å². The van der Waals surface area contributed by atoms with Gasteiger partial charge in [-0.1, -0.05) is 0 Å². The molecule has 1 aliphatic rings. The van der Waals surface area contributed by atoms with E-state index in [0.29, 0.717) is 24.4 Å². The van der Waals surface area contributed by atoms with Crippen LogP contribution in [0.2, 0.25) is 0 Å². The smallest absolute Gasteiger partial charge is 0.339 e. The van der Waals surface area contributed by atoms with Crippen LogP contribution in [0.3, 0.4) is 0 Å². The topological polar surface area (TPSA) is 70.8 Å². The summed E-state index contributed by atoms with van der Waals surface area (Å²) in [6.07, 6.45) is 1.23. The van der Waals surface area contributed by atoms with E-state index >= 15 is 0 Å². The van der Waals surface area contributed by atoms with Gasteiger partial charge in [0.1, 0.15) is 17.6 Å². The molecule has 2 rings (SSSR count). The fraction of sp³-hybridized carbons (Fsp3) is 0.333. The Labute approximate surface area is 79.9 Å². The molecule has 2 heterocycles. The Morgan fingerprint density at radius 3 is 2.79 bits per heavy atom. The van der Waals surface area contributed by atoms with Crippen molar-refractivity contribution in [1.82, 2.24) is 4.90 Å². The Morgan fingerprint density at radius 2 is 2.21 bits per heavy atom. The summed E-state index contributed by atoms with van der Waals surface area (Å²) in [5.41, 5.74) is 0.774. The molecule has 1 amide bonds. The maximum atomic E-state index is 11.0. The van der Waals surface area contributed by atoms with E-state index in [1.54, 1.807) is 4.90 Å². The molecule has 5 heteroatoms. The average Bonchev–Trinajstić information content (AvgIpc) is 2.58. The van der Waals surface area contributed by atoms with E-state index in [4.69, 9.17) is 9.52 Å². The SMILES string of the molecule is CC(=O)N1Cc2occ(C(=O)O)c2C1. The van der Waals surface area contributed by atoms with Gasteiger partial charge in [-0.15, -0.1) is 0 Å². The van der Waals surface area contributed by atoms with Gasteiger partial charge in [0.2, 0.25) is 5.91 Å². The molecule has 0 saturated carbocycles. The normalized spacial score (nSPS) is 14.2. The summed E-state index contributed by atoms with van der Waals surface area (Å²) >= 11 is 0. The predicted molar refractivity (Wildman–Crippen MR) is 45.6 cm³/mol. The monoisotopic (exact) mass is 195 g/mol. The molecule has 0 radical (unpaired) electrons. The van der Waals surface area contributed by atoms with Gasteiger partial charge >= 0.3 is 5.97 Å². The van der Waals surface area contributed by atoms with Crippen LogP contribution in [0.4, 0.5) is 0 Å². The van der Waals surface area contributed by atoms with Gasteiger partial charge in [0.15, 0.2) is 0 Å². The van der Waals surface area contributed by atoms with Crippen molar-refractivity contribution in [2.45, 2.75) is 20.0 Å². The number of aromatic carboxylic acids is 1.